The molecule has 1 amide bonds. The molecule has 2 aromatic carbocycles. The minimum absolute atomic E-state index is 0.0908. The maximum Gasteiger partial charge on any atom is 0.243 e. The summed E-state index contributed by atoms with van der Waals surface area (Å²) in [5.41, 5.74) is 0.692. The summed E-state index contributed by atoms with van der Waals surface area (Å²) >= 11 is 3.25. The Hall–Kier alpha value is -1.83. The molecule has 0 aliphatic carbocycles. The highest BCUT2D eigenvalue weighted by Gasteiger charge is 2.26. The molecule has 1 aliphatic heterocycles. The average molecular weight is 546 g/mol. The molecule has 1 N–H and O–H groups in total. The van der Waals surface area contributed by atoms with Gasteiger partial charge in [0.1, 0.15) is 0 Å². The van der Waals surface area contributed by atoms with Crippen molar-refractivity contribution in [3.05, 3.63) is 58.6 Å². The SMILES string of the molecule is CN(CC(=O)NCc1ccc(S(=O)(=O)N2CCOCC2)cc1)S(=O)(=O)c1ccc(Br)cc1. The second kappa shape index (κ2) is 10.4. The van der Waals surface area contributed by atoms with Gasteiger partial charge in [-0.1, -0.05) is 28.1 Å². The first kappa shape index (κ1) is 24.8. The normalized spacial score (nSPS) is 15.6. The average Bonchev–Trinajstić information content (AvgIpc) is 2.79. The number of morpholine rings is 1. The Labute approximate surface area is 196 Å². The van der Waals surface area contributed by atoms with Crippen LogP contribution in [0.25, 0.3) is 0 Å². The summed E-state index contributed by atoms with van der Waals surface area (Å²) in [6.07, 6.45) is 0. The Morgan fingerprint density at radius 2 is 1.56 bits per heavy atom. The van der Waals surface area contributed by atoms with E-state index in [2.05, 4.69) is 21.2 Å². The van der Waals surface area contributed by atoms with Crippen LogP contribution in [0.3, 0.4) is 0 Å². The molecule has 0 bridgehead atoms. The predicted molar refractivity (Wildman–Crippen MR) is 122 cm³/mol. The fourth-order valence-corrected chi connectivity index (χ4v) is 5.84. The molecule has 2 aromatic rings. The molecule has 12 heteroatoms. The molecule has 1 saturated heterocycles. The molecule has 0 spiro atoms. The van der Waals surface area contributed by atoms with Crippen molar-refractivity contribution >= 4 is 41.9 Å². The number of benzene rings is 2. The van der Waals surface area contributed by atoms with Crippen molar-refractivity contribution in [1.29, 1.82) is 0 Å². The van der Waals surface area contributed by atoms with Gasteiger partial charge in [-0.15, -0.1) is 0 Å². The third-order valence-corrected chi connectivity index (χ3v) is 9.17. The molecule has 1 aliphatic rings. The third kappa shape index (κ3) is 5.94. The van der Waals surface area contributed by atoms with Gasteiger partial charge in [-0.3, -0.25) is 4.79 Å². The fourth-order valence-electron chi connectivity index (χ4n) is 3.05. The molecule has 1 heterocycles. The van der Waals surface area contributed by atoms with Crippen LogP contribution in [0.5, 0.6) is 0 Å². The third-order valence-electron chi connectivity index (χ3n) is 4.91. The van der Waals surface area contributed by atoms with Gasteiger partial charge in [0.15, 0.2) is 0 Å². The van der Waals surface area contributed by atoms with Gasteiger partial charge >= 0.3 is 0 Å². The zero-order valence-electron chi connectivity index (χ0n) is 17.4. The largest absolute Gasteiger partial charge is 0.379 e. The van der Waals surface area contributed by atoms with E-state index < -0.39 is 26.0 Å². The van der Waals surface area contributed by atoms with Gasteiger partial charge in [0.05, 0.1) is 29.5 Å². The summed E-state index contributed by atoms with van der Waals surface area (Å²) in [6, 6.07) is 12.4. The van der Waals surface area contributed by atoms with E-state index in [0.717, 1.165) is 8.78 Å². The quantitative estimate of drug-likeness (QED) is 0.536. The molecule has 3 rings (SSSR count). The van der Waals surface area contributed by atoms with Gasteiger partial charge in [0.25, 0.3) is 0 Å². The highest BCUT2D eigenvalue weighted by Crippen LogP contribution is 2.19. The molecule has 174 valence electrons. The summed E-state index contributed by atoms with van der Waals surface area (Å²) < 4.78 is 58.8. The maximum absolute atomic E-state index is 12.7. The van der Waals surface area contributed by atoms with Crippen LogP contribution in [0.2, 0.25) is 0 Å². The number of sulfonamides is 2. The van der Waals surface area contributed by atoms with Crippen LogP contribution in [0, 0.1) is 0 Å². The van der Waals surface area contributed by atoms with Gasteiger partial charge < -0.3 is 10.1 Å². The van der Waals surface area contributed by atoms with Crippen LogP contribution in [0.1, 0.15) is 5.56 Å². The number of carbonyl (C=O) groups is 1. The first-order chi connectivity index (χ1) is 15.1. The number of halogens is 1. The molecule has 0 aromatic heterocycles. The van der Waals surface area contributed by atoms with Crippen molar-refractivity contribution in [1.82, 2.24) is 13.9 Å². The Kier molecular flexibility index (Phi) is 8.06. The molecule has 1 fully saturated rings. The molecule has 0 unspecified atom stereocenters. The number of likely N-dealkylation sites (N-methyl/N-ethyl adjacent to an activating group) is 1. The Balaban J connectivity index is 1.56. The number of amides is 1. The van der Waals surface area contributed by atoms with Crippen LogP contribution in [0.4, 0.5) is 0 Å². The number of hydrogen-bond donors (Lipinski definition) is 1. The summed E-state index contributed by atoms with van der Waals surface area (Å²) in [5, 5.41) is 2.66. The second-order valence-corrected chi connectivity index (χ2v) is 12.1. The van der Waals surface area contributed by atoms with Gasteiger partial charge in [0.2, 0.25) is 26.0 Å². The Bertz CT molecular complexity index is 1150. The van der Waals surface area contributed by atoms with Gasteiger partial charge in [-0.05, 0) is 42.0 Å². The smallest absolute Gasteiger partial charge is 0.243 e. The van der Waals surface area contributed by atoms with Crippen LogP contribution in [0.15, 0.2) is 62.8 Å². The summed E-state index contributed by atoms with van der Waals surface area (Å²) in [5.74, 6) is -0.474. The van der Waals surface area contributed by atoms with E-state index in [9.17, 15) is 21.6 Å². The van der Waals surface area contributed by atoms with E-state index in [-0.39, 0.29) is 22.9 Å². The van der Waals surface area contributed by atoms with Crippen LogP contribution in [-0.2, 0) is 36.1 Å². The molecule has 32 heavy (non-hydrogen) atoms. The lowest BCUT2D eigenvalue weighted by atomic mass is 10.2. The van der Waals surface area contributed by atoms with E-state index in [4.69, 9.17) is 4.74 Å². The Morgan fingerprint density at radius 1 is 1.00 bits per heavy atom. The summed E-state index contributed by atoms with van der Waals surface area (Å²) in [4.78, 5) is 12.5. The number of nitrogens with one attached hydrogen (secondary N) is 1. The fraction of sp³-hybridized carbons (Fsp3) is 0.350. The molecular weight excluding hydrogens is 522 g/mol. The number of ether oxygens (including phenoxy) is 1. The topological polar surface area (TPSA) is 113 Å². The van der Waals surface area contributed by atoms with E-state index >= 15 is 0 Å². The van der Waals surface area contributed by atoms with Crippen molar-refractivity contribution in [3.63, 3.8) is 0 Å². The number of nitrogens with zero attached hydrogens (tertiary/aromatic N) is 2. The first-order valence-electron chi connectivity index (χ1n) is 9.76. The van der Waals surface area contributed by atoms with E-state index in [1.54, 1.807) is 24.3 Å². The van der Waals surface area contributed by atoms with Crippen molar-refractivity contribution in [2.45, 2.75) is 16.3 Å². The predicted octanol–water partition coefficient (Wildman–Crippen LogP) is 1.41. The molecule has 0 radical (unpaired) electrons. The van der Waals surface area contributed by atoms with E-state index in [0.29, 0.717) is 31.9 Å². The zero-order valence-corrected chi connectivity index (χ0v) is 20.6. The zero-order chi connectivity index (χ0) is 23.4. The number of hydrogen-bond acceptors (Lipinski definition) is 6. The van der Waals surface area contributed by atoms with Crippen LogP contribution >= 0.6 is 15.9 Å². The van der Waals surface area contributed by atoms with E-state index in [1.165, 1.54) is 35.6 Å². The van der Waals surface area contributed by atoms with Crippen molar-refractivity contribution in [2.75, 3.05) is 39.9 Å². The molecule has 0 saturated carbocycles. The second-order valence-electron chi connectivity index (χ2n) is 7.15. The van der Waals surface area contributed by atoms with Crippen molar-refractivity contribution < 1.29 is 26.4 Å². The lowest BCUT2D eigenvalue weighted by Crippen LogP contribution is -2.40. The van der Waals surface area contributed by atoms with Crippen LogP contribution in [-0.4, -0.2) is 71.2 Å². The summed E-state index contributed by atoms with van der Waals surface area (Å²) in [7, 11) is -6.04. The minimum atomic E-state index is -3.80. The highest BCUT2D eigenvalue weighted by atomic mass is 79.9. The number of carbonyl (C=O) groups excluding carboxylic acids is 1. The monoisotopic (exact) mass is 545 g/mol. The maximum atomic E-state index is 12.7. The van der Waals surface area contributed by atoms with E-state index in [1.807, 2.05) is 0 Å². The minimum Gasteiger partial charge on any atom is -0.379 e. The number of rotatable bonds is 8. The molecule has 0 atom stereocenters. The van der Waals surface area contributed by atoms with Gasteiger partial charge in [0, 0.05) is 31.2 Å². The van der Waals surface area contributed by atoms with Crippen molar-refractivity contribution in [2.24, 2.45) is 0 Å². The Morgan fingerprint density at radius 3 is 2.16 bits per heavy atom. The van der Waals surface area contributed by atoms with Gasteiger partial charge in [-0.25, -0.2) is 16.8 Å². The summed E-state index contributed by atoms with van der Waals surface area (Å²) in [6.45, 7) is 1.17. The van der Waals surface area contributed by atoms with Crippen molar-refractivity contribution in [3.8, 4) is 0 Å². The molecular formula is C20H24BrN3O6S2. The first-order valence-corrected chi connectivity index (χ1v) is 13.4. The van der Waals surface area contributed by atoms with Gasteiger partial charge in [-0.2, -0.15) is 8.61 Å². The standard InChI is InChI=1S/C20H24BrN3O6S2/c1-23(31(26,27)18-8-4-17(21)5-9-18)15-20(25)22-14-16-2-6-19(7-3-16)32(28,29)24-10-12-30-13-11-24/h2-9H,10-15H2,1H3,(H,22,25). The molecule has 9 nitrogen and oxygen atoms in total. The lowest BCUT2D eigenvalue weighted by molar-refractivity contribution is -0.121. The highest BCUT2D eigenvalue weighted by molar-refractivity contribution is 9.10. The van der Waals surface area contributed by atoms with Crippen LogP contribution < -0.4 is 5.32 Å². The lowest BCUT2D eigenvalue weighted by Gasteiger charge is -2.26.